The van der Waals surface area contributed by atoms with Gasteiger partial charge in [0.15, 0.2) is 0 Å². The topological polar surface area (TPSA) is 15.6 Å². The molecule has 148 valence electrons. The number of halogens is 1. The van der Waals surface area contributed by atoms with Gasteiger partial charge >= 0.3 is 0 Å². The summed E-state index contributed by atoms with van der Waals surface area (Å²) in [5, 5.41) is 5.45. The molecule has 1 aliphatic heterocycles. The summed E-state index contributed by atoms with van der Waals surface area (Å²) in [6.45, 7) is 0.775. The van der Waals surface area contributed by atoms with Gasteiger partial charge < -0.3 is 4.90 Å². The lowest BCUT2D eigenvalue weighted by Crippen LogP contribution is -2.23. The van der Waals surface area contributed by atoms with Gasteiger partial charge in [-0.2, -0.15) is 0 Å². The lowest BCUT2D eigenvalue weighted by Gasteiger charge is -2.26. The van der Waals surface area contributed by atoms with Gasteiger partial charge in [0.25, 0.3) is 0 Å². The van der Waals surface area contributed by atoms with Crippen molar-refractivity contribution in [2.45, 2.75) is 6.54 Å². The summed E-state index contributed by atoms with van der Waals surface area (Å²) < 4.78 is 0. The zero-order chi connectivity index (χ0) is 20.8. The van der Waals surface area contributed by atoms with Gasteiger partial charge in [0.2, 0.25) is 0 Å². The van der Waals surface area contributed by atoms with Gasteiger partial charge in [0.1, 0.15) is 0 Å². The van der Waals surface area contributed by atoms with Crippen molar-refractivity contribution in [3.05, 3.63) is 108 Å². The minimum atomic E-state index is 0.775. The molecule has 0 radical (unpaired) electrons. The molecule has 0 aromatic heterocycles. The second-order valence-electron chi connectivity index (χ2n) is 7.88. The summed E-state index contributed by atoms with van der Waals surface area (Å²) in [6, 6.07) is 33.9. The van der Waals surface area contributed by atoms with Crippen LogP contribution < -0.4 is 4.90 Å². The van der Waals surface area contributed by atoms with Crippen molar-refractivity contribution in [2.75, 3.05) is 4.90 Å². The van der Waals surface area contributed by atoms with E-state index in [0.29, 0.717) is 0 Å². The molecule has 0 spiro atoms. The average Bonchev–Trinajstić information content (AvgIpc) is 2.83. The van der Waals surface area contributed by atoms with Crippen LogP contribution in [0.5, 0.6) is 0 Å². The van der Waals surface area contributed by atoms with Crippen LogP contribution in [0.4, 0.5) is 11.4 Å². The predicted molar refractivity (Wildman–Crippen MR) is 133 cm³/mol. The Bertz CT molecular complexity index is 1450. The Hall–Kier alpha value is -3.62. The minimum absolute atomic E-state index is 0.775. The smallest absolute Gasteiger partial charge is 0.0960 e. The van der Waals surface area contributed by atoms with Crippen molar-refractivity contribution in [3.63, 3.8) is 0 Å². The van der Waals surface area contributed by atoms with Crippen LogP contribution >= 0.6 is 11.6 Å². The fourth-order valence-corrected chi connectivity index (χ4v) is 4.61. The highest BCUT2D eigenvalue weighted by Gasteiger charge is 2.17. The third-order valence-corrected chi connectivity index (χ3v) is 6.35. The largest absolute Gasteiger partial charge is 0.328 e. The number of hydrogen-bond donors (Lipinski definition) is 0. The van der Waals surface area contributed by atoms with E-state index in [1.165, 1.54) is 27.5 Å². The zero-order valence-corrected chi connectivity index (χ0v) is 17.6. The number of aliphatic imine (C=N–C) groups is 1. The van der Waals surface area contributed by atoms with Crippen molar-refractivity contribution in [2.24, 2.45) is 4.99 Å². The minimum Gasteiger partial charge on any atom is -0.328 e. The molecule has 0 N–H and O–H groups in total. The van der Waals surface area contributed by atoms with Crippen LogP contribution in [0.2, 0.25) is 5.02 Å². The average molecular weight is 419 g/mol. The number of hydrogen-bond acceptors (Lipinski definition) is 2. The van der Waals surface area contributed by atoms with Gasteiger partial charge in [-0.3, -0.25) is 0 Å². The molecule has 31 heavy (non-hydrogen) atoms. The maximum atomic E-state index is 6.49. The molecule has 5 aromatic rings. The Kier molecular flexibility index (Phi) is 4.26. The second kappa shape index (κ2) is 7.26. The predicted octanol–water partition coefficient (Wildman–Crippen LogP) is 7.99. The van der Waals surface area contributed by atoms with E-state index in [1.54, 1.807) is 0 Å². The number of nitrogens with zero attached hydrogens (tertiary/aromatic N) is 2. The highest BCUT2D eigenvalue weighted by molar-refractivity contribution is 6.36. The maximum absolute atomic E-state index is 6.49. The fourth-order valence-electron chi connectivity index (χ4n) is 4.38. The van der Waals surface area contributed by atoms with Crippen molar-refractivity contribution in [3.8, 4) is 11.1 Å². The van der Waals surface area contributed by atoms with Crippen LogP contribution in [-0.2, 0) is 6.54 Å². The molecule has 0 bridgehead atoms. The summed E-state index contributed by atoms with van der Waals surface area (Å²) in [5.74, 6) is 0. The van der Waals surface area contributed by atoms with Crippen LogP contribution in [0.25, 0.3) is 32.7 Å². The fraction of sp³-hybridized carbons (Fsp3) is 0.0357. The molecule has 6 rings (SSSR count). The first-order valence-corrected chi connectivity index (χ1v) is 10.7. The Morgan fingerprint density at radius 1 is 0.677 bits per heavy atom. The van der Waals surface area contributed by atoms with Crippen molar-refractivity contribution < 1.29 is 0 Å². The van der Waals surface area contributed by atoms with E-state index in [1.807, 2.05) is 24.5 Å². The Morgan fingerprint density at radius 2 is 1.45 bits per heavy atom. The molecule has 0 saturated carbocycles. The van der Waals surface area contributed by atoms with Crippen LogP contribution in [0, 0.1) is 0 Å². The molecule has 0 amide bonds. The van der Waals surface area contributed by atoms with Crippen LogP contribution in [-0.4, -0.2) is 6.34 Å². The normalized spacial score (nSPS) is 13.0. The van der Waals surface area contributed by atoms with Crippen molar-refractivity contribution in [1.29, 1.82) is 0 Å². The summed E-state index contributed by atoms with van der Waals surface area (Å²) >= 11 is 6.49. The molecule has 0 aliphatic carbocycles. The molecule has 3 heteroatoms. The number of anilines is 1. The maximum Gasteiger partial charge on any atom is 0.0960 e. The molecule has 2 nitrogen and oxygen atoms in total. The summed E-state index contributed by atoms with van der Waals surface area (Å²) in [6.07, 6.45) is 1.93. The summed E-state index contributed by atoms with van der Waals surface area (Å²) in [5.41, 5.74) is 5.82. The first kappa shape index (κ1) is 18.2. The van der Waals surface area contributed by atoms with Gasteiger partial charge in [-0.05, 0) is 63.7 Å². The lowest BCUT2D eigenvalue weighted by atomic mass is 9.97. The highest BCUT2D eigenvalue weighted by atomic mass is 35.5. The number of rotatable bonds is 2. The monoisotopic (exact) mass is 418 g/mol. The van der Waals surface area contributed by atoms with Crippen LogP contribution in [0.15, 0.2) is 102 Å². The van der Waals surface area contributed by atoms with E-state index in [0.717, 1.165) is 33.7 Å². The lowest BCUT2D eigenvalue weighted by molar-refractivity contribution is 1.01. The SMILES string of the molecule is Clc1cccc2cc3ccc4c(c3cc12)CN(c1ccc(-c2ccccc2)cc1)C=N4. The zero-order valence-electron chi connectivity index (χ0n) is 16.8. The number of benzene rings is 5. The van der Waals surface area contributed by atoms with E-state index in [2.05, 4.69) is 83.8 Å². The summed E-state index contributed by atoms with van der Waals surface area (Å²) in [7, 11) is 0. The Labute approximate surface area is 186 Å². The molecule has 1 aliphatic rings. The molecule has 0 unspecified atom stereocenters. The van der Waals surface area contributed by atoms with Gasteiger partial charge in [0.05, 0.1) is 18.6 Å². The molecule has 5 aromatic carbocycles. The Morgan fingerprint density at radius 3 is 2.29 bits per heavy atom. The molecular weight excluding hydrogens is 400 g/mol. The van der Waals surface area contributed by atoms with E-state index in [9.17, 15) is 0 Å². The van der Waals surface area contributed by atoms with Crippen LogP contribution in [0.1, 0.15) is 5.56 Å². The van der Waals surface area contributed by atoms with Crippen molar-refractivity contribution in [1.82, 2.24) is 0 Å². The third kappa shape index (κ3) is 3.17. The van der Waals surface area contributed by atoms with Gasteiger partial charge in [-0.15, -0.1) is 0 Å². The molecule has 0 atom stereocenters. The summed E-state index contributed by atoms with van der Waals surface area (Å²) in [4.78, 5) is 6.95. The highest BCUT2D eigenvalue weighted by Crippen LogP contribution is 2.37. The Balaban J connectivity index is 1.40. The van der Waals surface area contributed by atoms with E-state index in [4.69, 9.17) is 16.6 Å². The van der Waals surface area contributed by atoms with E-state index < -0.39 is 0 Å². The van der Waals surface area contributed by atoms with Crippen LogP contribution in [0.3, 0.4) is 0 Å². The standard InChI is InChI=1S/C28H19ClN2/c29-27-8-4-7-21-15-22-11-14-28-26(24(22)16-25(21)27)17-31(18-30-28)23-12-9-20(10-13-23)19-5-2-1-3-6-19/h1-16,18H,17H2. The quantitative estimate of drug-likeness (QED) is 0.265. The van der Waals surface area contributed by atoms with Gasteiger partial charge in [0, 0.05) is 21.7 Å². The van der Waals surface area contributed by atoms with Gasteiger partial charge in [-0.1, -0.05) is 72.3 Å². The third-order valence-electron chi connectivity index (χ3n) is 6.02. The molecule has 1 heterocycles. The van der Waals surface area contributed by atoms with E-state index in [-0.39, 0.29) is 0 Å². The van der Waals surface area contributed by atoms with Crippen molar-refractivity contribution >= 4 is 50.9 Å². The molecule has 0 fully saturated rings. The molecular formula is C28H19ClN2. The first-order valence-electron chi connectivity index (χ1n) is 10.4. The molecule has 0 saturated heterocycles. The second-order valence-corrected chi connectivity index (χ2v) is 8.29. The first-order chi connectivity index (χ1) is 15.3. The number of fused-ring (bicyclic) bond motifs is 4. The van der Waals surface area contributed by atoms with E-state index >= 15 is 0 Å². The van der Waals surface area contributed by atoms with Gasteiger partial charge in [-0.25, -0.2) is 4.99 Å².